The molecule has 1 aromatic rings. The highest BCUT2D eigenvalue weighted by molar-refractivity contribution is 5.78. The van der Waals surface area contributed by atoms with E-state index in [0.29, 0.717) is 12.5 Å². The smallest absolute Gasteiger partial charge is 0.234 e. The number of nitrogens with one attached hydrogen (secondary N) is 1. The lowest BCUT2D eigenvalue weighted by Crippen LogP contribution is -2.49. The molecular formula is C21H34N4O. The lowest BCUT2D eigenvalue weighted by Gasteiger charge is -2.33. The molecule has 0 aromatic heterocycles. The second kappa shape index (κ2) is 9.49. The predicted molar refractivity (Wildman–Crippen MR) is 106 cm³/mol. The zero-order valence-electron chi connectivity index (χ0n) is 16.4. The first kappa shape index (κ1) is 19.3. The molecule has 1 N–H and O–H groups in total. The largest absolute Gasteiger partial charge is 0.355 e. The van der Waals surface area contributed by atoms with Crippen molar-refractivity contribution in [2.24, 2.45) is 5.92 Å². The first-order valence-electron chi connectivity index (χ1n) is 10.1. The van der Waals surface area contributed by atoms with Crippen molar-refractivity contribution < 1.29 is 4.79 Å². The number of likely N-dealkylation sites (tertiary alicyclic amines) is 1. The molecule has 0 bridgehead atoms. The molecule has 2 aliphatic heterocycles. The van der Waals surface area contributed by atoms with Crippen LogP contribution in [0.25, 0.3) is 0 Å². The van der Waals surface area contributed by atoms with Crippen molar-refractivity contribution in [2.45, 2.75) is 26.8 Å². The Bertz CT molecular complexity index is 583. The van der Waals surface area contributed by atoms with Crippen LogP contribution in [-0.2, 0) is 11.3 Å². The molecule has 2 fully saturated rings. The van der Waals surface area contributed by atoms with E-state index >= 15 is 0 Å². The van der Waals surface area contributed by atoms with Crippen LogP contribution < -0.4 is 5.32 Å². The summed E-state index contributed by atoms with van der Waals surface area (Å²) in [6.07, 6.45) is 1.18. The summed E-state index contributed by atoms with van der Waals surface area (Å²) in [5.74, 6) is 0.771. The van der Waals surface area contributed by atoms with E-state index in [0.717, 1.165) is 58.9 Å². The second-order valence-electron chi connectivity index (χ2n) is 7.83. The lowest BCUT2D eigenvalue weighted by atomic mass is 10.1. The minimum absolute atomic E-state index is 0.187. The first-order valence-corrected chi connectivity index (χ1v) is 10.1. The Hall–Kier alpha value is -1.43. The van der Waals surface area contributed by atoms with Crippen LogP contribution >= 0.6 is 0 Å². The van der Waals surface area contributed by atoms with Crippen LogP contribution in [0.15, 0.2) is 24.3 Å². The van der Waals surface area contributed by atoms with E-state index in [1.807, 2.05) is 0 Å². The van der Waals surface area contributed by atoms with Crippen LogP contribution in [0, 0.1) is 12.8 Å². The lowest BCUT2D eigenvalue weighted by molar-refractivity contribution is -0.122. The fraction of sp³-hybridized carbons (Fsp3) is 0.667. The van der Waals surface area contributed by atoms with Crippen LogP contribution in [0.2, 0.25) is 0 Å². The Morgan fingerprint density at radius 1 is 1.08 bits per heavy atom. The Labute approximate surface area is 158 Å². The van der Waals surface area contributed by atoms with Crippen molar-refractivity contribution in [2.75, 3.05) is 58.9 Å². The van der Waals surface area contributed by atoms with Gasteiger partial charge in [-0.1, -0.05) is 31.2 Å². The summed E-state index contributed by atoms with van der Waals surface area (Å²) in [6, 6.07) is 8.63. The van der Waals surface area contributed by atoms with Gasteiger partial charge in [0.15, 0.2) is 0 Å². The van der Waals surface area contributed by atoms with Crippen LogP contribution in [0.3, 0.4) is 0 Å². The summed E-state index contributed by atoms with van der Waals surface area (Å²) in [6.45, 7) is 14.3. The summed E-state index contributed by atoms with van der Waals surface area (Å²) >= 11 is 0. The van der Waals surface area contributed by atoms with Crippen LogP contribution in [-0.4, -0.2) is 79.5 Å². The van der Waals surface area contributed by atoms with Gasteiger partial charge in [0.25, 0.3) is 0 Å². The molecule has 1 atom stereocenters. The molecular weight excluding hydrogens is 324 g/mol. The Kier molecular flexibility index (Phi) is 7.06. The SMILES string of the molecule is CCN1CCN(CC(=O)NCC2CCN(Cc3ccccc3C)C2)CC1. The zero-order chi connectivity index (χ0) is 18.4. The van der Waals surface area contributed by atoms with Gasteiger partial charge in [-0.05, 0) is 43.5 Å². The molecule has 1 aromatic carbocycles. The van der Waals surface area contributed by atoms with Crippen molar-refractivity contribution in [1.82, 2.24) is 20.0 Å². The van der Waals surface area contributed by atoms with Gasteiger partial charge >= 0.3 is 0 Å². The fourth-order valence-electron chi connectivity index (χ4n) is 4.03. The average Bonchev–Trinajstić information content (AvgIpc) is 3.10. The number of likely N-dealkylation sites (N-methyl/N-ethyl adjacent to an activating group) is 1. The summed E-state index contributed by atoms with van der Waals surface area (Å²) in [7, 11) is 0. The molecule has 2 heterocycles. The van der Waals surface area contributed by atoms with E-state index in [4.69, 9.17) is 0 Å². The van der Waals surface area contributed by atoms with Gasteiger partial charge in [0.05, 0.1) is 6.54 Å². The molecule has 1 amide bonds. The van der Waals surface area contributed by atoms with E-state index in [2.05, 4.69) is 58.1 Å². The maximum absolute atomic E-state index is 12.3. The van der Waals surface area contributed by atoms with Gasteiger partial charge in [-0.2, -0.15) is 0 Å². The standard InChI is InChI=1S/C21H34N4O/c1-3-23-10-12-24(13-11-23)17-21(26)22-14-19-8-9-25(15-19)16-20-7-5-4-6-18(20)2/h4-7,19H,3,8-17H2,1-2H3,(H,22,26). The molecule has 0 saturated carbocycles. The number of piperazine rings is 1. The molecule has 0 radical (unpaired) electrons. The molecule has 1 unspecified atom stereocenters. The van der Waals surface area contributed by atoms with Gasteiger partial charge < -0.3 is 10.2 Å². The van der Waals surface area contributed by atoms with Crippen molar-refractivity contribution in [3.63, 3.8) is 0 Å². The van der Waals surface area contributed by atoms with Crippen LogP contribution in [0.4, 0.5) is 0 Å². The molecule has 3 rings (SSSR count). The molecule has 5 nitrogen and oxygen atoms in total. The molecule has 0 aliphatic carbocycles. The van der Waals surface area contributed by atoms with Gasteiger partial charge in [-0.15, -0.1) is 0 Å². The summed E-state index contributed by atoms with van der Waals surface area (Å²) in [4.78, 5) is 19.5. The van der Waals surface area contributed by atoms with Crippen molar-refractivity contribution in [3.8, 4) is 0 Å². The zero-order valence-corrected chi connectivity index (χ0v) is 16.4. The number of carbonyl (C=O) groups excluding carboxylic acids is 1. The monoisotopic (exact) mass is 358 g/mol. The summed E-state index contributed by atoms with van der Waals surface area (Å²) in [5.41, 5.74) is 2.79. The van der Waals surface area contributed by atoms with E-state index in [1.54, 1.807) is 0 Å². The summed E-state index contributed by atoms with van der Waals surface area (Å²) in [5, 5.41) is 3.17. The molecule has 2 saturated heterocycles. The topological polar surface area (TPSA) is 38.8 Å². The number of benzene rings is 1. The molecule has 2 aliphatic rings. The van der Waals surface area contributed by atoms with Crippen molar-refractivity contribution in [1.29, 1.82) is 0 Å². The van der Waals surface area contributed by atoms with Crippen molar-refractivity contribution in [3.05, 3.63) is 35.4 Å². The third-order valence-corrected chi connectivity index (χ3v) is 5.89. The number of amides is 1. The third kappa shape index (κ3) is 5.53. The minimum Gasteiger partial charge on any atom is -0.355 e. The van der Waals surface area contributed by atoms with Crippen LogP contribution in [0.1, 0.15) is 24.5 Å². The number of aryl methyl sites for hydroxylation is 1. The molecule has 144 valence electrons. The number of rotatable bonds is 7. The van der Waals surface area contributed by atoms with E-state index in [9.17, 15) is 4.79 Å². The average molecular weight is 359 g/mol. The number of carbonyl (C=O) groups is 1. The Balaban J connectivity index is 1.34. The van der Waals surface area contributed by atoms with E-state index in [-0.39, 0.29) is 5.91 Å². The fourth-order valence-corrected chi connectivity index (χ4v) is 4.03. The number of nitrogens with zero attached hydrogens (tertiary/aromatic N) is 3. The van der Waals surface area contributed by atoms with Crippen molar-refractivity contribution >= 4 is 5.91 Å². The highest BCUT2D eigenvalue weighted by atomic mass is 16.2. The predicted octanol–water partition coefficient (Wildman–Crippen LogP) is 1.57. The maximum Gasteiger partial charge on any atom is 0.234 e. The molecule has 0 spiro atoms. The number of hydrogen-bond acceptors (Lipinski definition) is 4. The Morgan fingerprint density at radius 3 is 2.54 bits per heavy atom. The van der Waals surface area contributed by atoms with Gasteiger partial charge in [-0.3, -0.25) is 14.6 Å². The van der Waals surface area contributed by atoms with Gasteiger partial charge in [0, 0.05) is 45.8 Å². The van der Waals surface area contributed by atoms with Gasteiger partial charge in [0.2, 0.25) is 5.91 Å². The quantitative estimate of drug-likeness (QED) is 0.803. The highest BCUT2D eigenvalue weighted by Gasteiger charge is 2.24. The van der Waals surface area contributed by atoms with Gasteiger partial charge in [0.1, 0.15) is 0 Å². The maximum atomic E-state index is 12.3. The third-order valence-electron chi connectivity index (χ3n) is 5.89. The Morgan fingerprint density at radius 2 is 1.81 bits per heavy atom. The molecule has 26 heavy (non-hydrogen) atoms. The highest BCUT2D eigenvalue weighted by Crippen LogP contribution is 2.19. The van der Waals surface area contributed by atoms with Gasteiger partial charge in [-0.25, -0.2) is 0 Å². The second-order valence-corrected chi connectivity index (χ2v) is 7.83. The van der Waals surface area contributed by atoms with Crippen LogP contribution in [0.5, 0.6) is 0 Å². The normalized spacial score (nSPS) is 22.6. The minimum atomic E-state index is 0.187. The van der Waals surface area contributed by atoms with E-state index in [1.165, 1.54) is 17.5 Å². The summed E-state index contributed by atoms with van der Waals surface area (Å²) < 4.78 is 0. The first-order chi connectivity index (χ1) is 12.6. The molecule has 5 heteroatoms. The number of hydrogen-bond donors (Lipinski definition) is 1. The van der Waals surface area contributed by atoms with E-state index < -0.39 is 0 Å².